The van der Waals surface area contributed by atoms with Crippen LogP contribution in [0.1, 0.15) is 12.5 Å². The van der Waals surface area contributed by atoms with Gasteiger partial charge in [0.05, 0.1) is 0 Å². The molecule has 0 N–H and O–H groups in total. The molecule has 1 aromatic rings. The molecule has 0 fully saturated rings. The zero-order valence-electron chi connectivity index (χ0n) is 9.33. The summed E-state index contributed by atoms with van der Waals surface area (Å²) in [6.45, 7) is 8.09. The Hall–Kier alpha value is -1.52. The van der Waals surface area contributed by atoms with Crippen LogP contribution in [0.5, 0.6) is 0 Å². The van der Waals surface area contributed by atoms with Crippen molar-refractivity contribution in [2.75, 3.05) is 0 Å². The van der Waals surface area contributed by atoms with E-state index in [1.807, 2.05) is 43.0 Å². The van der Waals surface area contributed by atoms with Gasteiger partial charge in [0, 0.05) is 5.56 Å². The summed E-state index contributed by atoms with van der Waals surface area (Å²) in [6, 6.07) is 10.1. The van der Waals surface area contributed by atoms with Crippen LogP contribution in [-0.2, 0) is 0 Å². The van der Waals surface area contributed by atoms with Gasteiger partial charge in [0.2, 0.25) is 0 Å². The van der Waals surface area contributed by atoms with E-state index in [2.05, 4.69) is 36.4 Å². The fraction of sp³-hybridized carbons (Fsp3) is 0.143. The summed E-state index contributed by atoms with van der Waals surface area (Å²) in [6.07, 6.45) is 2.06. The molecule has 1 aromatic carbocycles. The minimum atomic E-state index is -1.68. The average molecular weight is 212 g/mol. The molecule has 76 valence electrons. The van der Waals surface area contributed by atoms with E-state index in [-0.39, 0.29) is 0 Å². The number of benzene rings is 1. The molecule has 0 spiro atoms. The summed E-state index contributed by atoms with van der Waals surface area (Å²) in [5, 5.41) is 0. The Morgan fingerprint density at radius 1 is 1.27 bits per heavy atom. The van der Waals surface area contributed by atoms with E-state index in [4.69, 9.17) is 0 Å². The predicted molar refractivity (Wildman–Crippen MR) is 69.9 cm³/mol. The number of allylic oxidation sites excluding steroid dienone is 1. The zero-order chi connectivity index (χ0) is 11.1. The van der Waals surface area contributed by atoms with Crippen molar-refractivity contribution in [1.82, 2.24) is 0 Å². The molecule has 0 aliphatic carbocycles. The normalized spacial score (nSPS) is 14.0. The molecule has 1 heteroatoms. The Labute approximate surface area is 93.4 Å². The Balaban J connectivity index is 2.94. The largest absolute Gasteiger partial charge is 0.181 e. The third-order valence-corrected chi connectivity index (χ3v) is 4.72. The first-order chi connectivity index (χ1) is 7.20. The molecule has 0 nitrogen and oxygen atoms in total. The smallest absolute Gasteiger partial charge is 0.116 e. The van der Waals surface area contributed by atoms with Crippen LogP contribution in [0.3, 0.4) is 0 Å². The van der Waals surface area contributed by atoms with E-state index in [1.54, 1.807) is 0 Å². The highest BCUT2D eigenvalue weighted by Gasteiger charge is 2.15. The molecule has 1 rings (SSSR count). The fourth-order valence-electron chi connectivity index (χ4n) is 1.24. The molecule has 0 saturated heterocycles. The number of hydrogen-bond acceptors (Lipinski definition) is 0. The second kappa shape index (κ2) is 5.38. The van der Waals surface area contributed by atoms with Gasteiger partial charge >= 0.3 is 0 Å². The monoisotopic (exact) mass is 212 g/mol. The van der Waals surface area contributed by atoms with E-state index in [9.17, 15) is 0 Å². The third kappa shape index (κ3) is 3.61. The van der Waals surface area contributed by atoms with Gasteiger partial charge in [-0.2, -0.15) is 0 Å². The second-order valence-electron chi connectivity index (χ2n) is 3.60. The van der Waals surface area contributed by atoms with Crippen molar-refractivity contribution in [2.45, 2.75) is 13.5 Å². The van der Waals surface area contributed by atoms with Crippen molar-refractivity contribution >= 4 is 8.07 Å². The summed E-state index contributed by atoms with van der Waals surface area (Å²) in [4.78, 5) is 0. The third-order valence-electron chi connectivity index (χ3n) is 2.19. The molecule has 0 heterocycles. The molecule has 0 aliphatic heterocycles. The Kier molecular flexibility index (Phi) is 4.14. The zero-order valence-corrected chi connectivity index (χ0v) is 10.3. The standard InChI is InChI=1S/C14H16Si/c1-4-12-15(3,5-2)13-11-14-9-7-6-8-10-14/h4-10,12H,2H2,1,3H3. The maximum absolute atomic E-state index is 3.87. The van der Waals surface area contributed by atoms with Crippen LogP contribution in [0.2, 0.25) is 6.55 Å². The molecule has 0 amide bonds. The van der Waals surface area contributed by atoms with Gasteiger partial charge in [-0.15, -0.1) is 12.1 Å². The first kappa shape index (κ1) is 11.6. The van der Waals surface area contributed by atoms with Crippen molar-refractivity contribution in [1.29, 1.82) is 0 Å². The first-order valence-electron chi connectivity index (χ1n) is 5.06. The van der Waals surface area contributed by atoms with Gasteiger partial charge in [0.1, 0.15) is 0 Å². The summed E-state index contributed by atoms with van der Waals surface area (Å²) >= 11 is 0. The van der Waals surface area contributed by atoms with Crippen molar-refractivity contribution in [2.24, 2.45) is 0 Å². The quantitative estimate of drug-likeness (QED) is 0.520. The first-order valence-corrected chi connectivity index (χ1v) is 7.71. The van der Waals surface area contributed by atoms with Gasteiger partial charge in [-0.3, -0.25) is 0 Å². The van der Waals surface area contributed by atoms with E-state index in [0.717, 1.165) is 5.56 Å². The van der Waals surface area contributed by atoms with Crippen LogP contribution < -0.4 is 0 Å². The number of hydrogen-bond donors (Lipinski definition) is 0. The van der Waals surface area contributed by atoms with E-state index in [0.29, 0.717) is 0 Å². The molecular formula is C14H16Si. The van der Waals surface area contributed by atoms with Crippen LogP contribution in [0, 0.1) is 11.5 Å². The molecule has 0 bridgehead atoms. The lowest BCUT2D eigenvalue weighted by Gasteiger charge is -2.08. The molecule has 1 unspecified atom stereocenters. The molecule has 1 atom stereocenters. The minimum absolute atomic E-state index is 1.07. The van der Waals surface area contributed by atoms with E-state index in [1.165, 1.54) is 0 Å². The van der Waals surface area contributed by atoms with Crippen LogP contribution in [0.4, 0.5) is 0 Å². The molecule has 0 radical (unpaired) electrons. The van der Waals surface area contributed by atoms with Gasteiger partial charge < -0.3 is 0 Å². The summed E-state index contributed by atoms with van der Waals surface area (Å²) < 4.78 is 0. The van der Waals surface area contributed by atoms with Gasteiger partial charge in [-0.25, -0.2) is 0 Å². The SMILES string of the molecule is C=C[Si](C)(C#Cc1ccccc1)C=CC. The summed E-state index contributed by atoms with van der Waals surface area (Å²) in [5.74, 6) is 3.21. The van der Waals surface area contributed by atoms with Crippen molar-refractivity contribution in [3.63, 3.8) is 0 Å². The minimum Gasteiger partial charge on any atom is -0.116 e. The summed E-state index contributed by atoms with van der Waals surface area (Å²) in [7, 11) is -1.68. The molecule has 0 aliphatic rings. The highest BCUT2D eigenvalue weighted by Crippen LogP contribution is 2.05. The maximum Gasteiger partial charge on any atom is 0.181 e. The lowest BCUT2D eigenvalue weighted by molar-refractivity contribution is 1.65. The highest BCUT2D eigenvalue weighted by molar-refractivity contribution is 6.94. The van der Waals surface area contributed by atoms with Gasteiger partial charge in [-0.05, 0) is 19.1 Å². The van der Waals surface area contributed by atoms with E-state index < -0.39 is 8.07 Å². The Morgan fingerprint density at radius 3 is 2.47 bits per heavy atom. The fourth-order valence-corrected chi connectivity index (χ4v) is 2.66. The van der Waals surface area contributed by atoms with Crippen LogP contribution in [-0.4, -0.2) is 8.07 Å². The van der Waals surface area contributed by atoms with Crippen LogP contribution in [0.15, 0.2) is 54.4 Å². The van der Waals surface area contributed by atoms with Gasteiger partial charge in [-0.1, -0.05) is 48.1 Å². The van der Waals surface area contributed by atoms with Gasteiger partial charge in [0.25, 0.3) is 0 Å². The predicted octanol–water partition coefficient (Wildman–Crippen LogP) is 3.50. The van der Waals surface area contributed by atoms with Crippen LogP contribution in [0.25, 0.3) is 0 Å². The lowest BCUT2D eigenvalue weighted by Crippen LogP contribution is -2.22. The second-order valence-corrected chi connectivity index (χ2v) is 7.16. The molecular weight excluding hydrogens is 196 g/mol. The van der Waals surface area contributed by atoms with Crippen molar-refractivity contribution in [3.8, 4) is 11.5 Å². The topological polar surface area (TPSA) is 0 Å². The molecule has 15 heavy (non-hydrogen) atoms. The van der Waals surface area contributed by atoms with Crippen molar-refractivity contribution in [3.05, 3.63) is 59.9 Å². The lowest BCUT2D eigenvalue weighted by atomic mass is 10.2. The average Bonchev–Trinajstić information content (AvgIpc) is 2.28. The maximum atomic E-state index is 3.87. The van der Waals surface area contributed by atoms with E-state index >= 15 is 0 Å². The summed E-state index contributed by atoms with van der Waals surface area (Å²) in [5.41, 5.74) is 8.61. The molecule has 0 saturated carbocycles. The number of rotatable bonds is 2. The molecule has 0 aromatic heterocycles. The Bertz CT molecular complexity index is 406. The van der Waals surface area contributed by atoms with Crippen molar-refractivity contribution < 1.29 is 0 Å². The van der Waals surface area contributed by atoms with Gasteiger partial charge in [0.15, 0.2) is 8.07 Å². The van der Waals surface area contributed by atoms with Crippen LogP contribution >= 0.6 is 0 Å². The Morgan fingerprint density at radius 2 is 1.93 bits per heavy atom. The highest BCUT2D eigenvalue weighted by atomic mass is 28.3.